The lowest BCUT2D eigenvalue weighted by atomic mass is 10.2. The van der Waals surface area contributed by atoms with Crippen LogP contribution in [-0.2, 0) is 0 Å². The molecule has 0 atom stereocenters. The van der Waals surface area contributed by atoms with Crippen LogP contribution in [-0.4, -0.2) is 28.8 Å². The molecular weight excluding hydrogens is 268 g/mol. The summed E-state index contributed by atoms with van der Waals surface area (Å²) >= 11 is 3.25. The SMILES string of the molecule is O=C(CN1C=CC=CC1)c1cccc(Br)n1. The lowest BCUT2D eigenvalue weighted by Crippen LogP contribution is -2.26. The van der Waals surface area contributed by atoms with Crippen molar-refractivity contribution in [1.29, 1.82) is 0 Å². The third kappa shape index (κ3) is 2.79. The van der Waals surface area contributed by atoms with E-state index >= 15 is 0 Å². The van der Waals surface area contributed by atoms with Crippen molar-refractivity contribution in [2.24, 2.45) is 0 Å². The smallest absolute Gasteiger partial charge is 0.200 e. The molecule has 0 aliphatic carbocycles. The van der Waals surface area contributed by atoms with Crippen molar-refractivity contribution in [3.8, 4) is 0 Å². The number of pyridine rings is 1. The highest BCUT2D eigenvalue weighted by Crippen LogP contribution is 2.08. The zero-order chi connectivity index (χ0) is 11.4. The molecule has 1 aliphatic heterocycles. The van der Waals surface area contributed by atoms with E-state index in [1.54, 1.807) is 12.1 Å². The summed E-state index contributed by atoms with van der Waals surface area (Å²) in [5, 5.41) is 0. The first kappa shape index (κ1) is 11.1. The molecule has 0 saturated heterocycles. The van der Waals surface area contributed by atoms with Gasteiger partial charge in [-0.3, -0.25) is 4.79 Å². The number of nitrogens with zero attached hydrogens (tertiary/aromatic N) is 2. The highest BCUT2D eigenvalue weighted by Gasteiger charge is 2.11. The van der Waals surface area contributed by atoms with Crippen molar-refractivity contribution in [1.82, 2.24) is 9.88 Å². The first-order chi connectivity index (χ1) is 7.75. The second kappa shape index (κ2) is 5.07. The molecule has 1 aromatic rings. The van der Waals surface area contributed by atoms with Gasteiger partial charge in [-0.2, -0.15) is 0 Å². The van der Waals surface area contributed by atoms with Gasteiger partial charge in [0.2, 0.25) is 0 Å². The Hall–Kier alpha value is -1.42. The Bertz CT molecular complexity index is 454. The molecule has 2 rings (SSSR count). The lowest BCUT2D eigenvalue weighted by molar-refractivity contribution is 0.0954. The highest BCUT2D eigenvalue weighted by molar-refractivity contribution is 9.10. The highest BCUT2D eigenvalue weighted by atomic mass is 79.9. The van der Waals surface area contributed by atoms with Crippen molar-refractivity contribution in [3.05, 3.63) is 52.9 Å². The minimum atomic E-state index is 0.0289. The quantitative estimate of drug-likeness (QED) is 0.629. The molecular formula is C12H11BrN2O. The Labute approximate surface area is 103 Å². The zero-order valence-electron chi connectivity index (χ0n) is 8.64. The van der Waals surface area contributed by atoms with Gasteiger partial charge in [0, 0.05) is 6.54 Å². The molecule has 3 nitrogen and oxygen atoms in total. The van der Waals surface area contributed by atoms with E-state index in [1.807, 2.05) is 35.4 Å². The minimum Gasteiger partial charge on any atom is -0.366 e. The average molecular weight is 279 g/mol. The summed E-state index contributed by atoms with van der Waals surface area (Å²) in [5.74, 6) is 0.0289. The summed E-state index contributed by atoms with van der Waals surface area (Å²) in [6.45, 7) is 1.14. The standard InChI is InChI=1S/C12H11BrN2O/c13-12-6-4-5-10(14-12)11(16)9-15-7-2-1-3-8-15/h1-7H,8-9H2. The largest absolute Gasteiger partial charge is 0.366 e. The van der Waals surface area contributed by atoms with Crippen LogP contribution in [0.5, 0.6) is 0 Å². The molecule has 1 aliphatic rings. The summed E-state index contributed by atoms with van der Waals surface area (Å²) in [7, 11) is 0. The van der Waals surface area contributed by atoms with Crippen LogP contribution >= 0.6 is 15.9 Å². The summed E-state index contributed by atoms with van der Waals surface area (Å²) in [6, 6.07) is 5.35. The Morgan fingerprint density at radius 3 is 3.00 bits per heavy atom. The van der Waals surface area contributed by atoms with E-state index in [-0.39, 0.29) is 5.78 Å². The number of rotatable bonds is 3. The fourth-order valence-electron chi connectivity index (χ4n) is 1.45. The Kier molecular flexibility index (Phi) is 3.51. The lowest BCUT2D eigenvalue weighted by Gasteiger charge is -2.19. The van der Waals surface area contributed by atoms with Crippen molar-refractivity contribution < 1.29 is 4.79 Å². The maximum Gasteiger partial charge on any atom is 0.200 e. The molecule has 0 radical (unpaired) electrons. The van der Waals surface area contributed by atoms with Crippen LogP contribution in [0.15, 0.2) is 47.2 Å². The van der Waals surface area contributed by atoms with Gasteiger partial charge in [0.05, 0.1) is 6.54 Å². The number of hydrogen-bond donors (Lipinski definition) is 0. The molecule has 82 valence electrons. The van der Waals surface area contributed by atoms with E-state index in [2.05, 4.69) is 20.9 Å². The van der Waals surface area contributed by atoms with Gasteiger partial charge in [-0.1, -0.05) is 18.2 Å². The predicted octanol–water partition coefficient (Wildman–Crippen LogP) is 2.41. The number of carbonyl (C=O) groups is 1. The number of Topliss-reactive ketones (excluding diaryl/α,β-unsaturated/α-hetero) is 1. The van der Waals surface area contributed by atoms with E-state index in [0.717, 1.165) is 6.54 Å². The van der Waals surface area contributed by atoms with Crippen LogP contribution in [0.1, 0.15) is 10.5 Å². The Balaban J connectivity index is 2.03. The number of aromatic nitrogens is 1. The van der Waals surface area contributed by atoms with E-state index in [1.165, 1.54) is 0 Å². The first-order valence-electron chi connectivity index (χ1n) is 4.99. The number of ketones is 1. The van der Waals surface area contributed by atoms with Crippen molar-refractivity contribution in [3.63, 3.8) is 0 Å². The molecule has 16 heavy (non-hydrogen) atoms. The van der Waals surface area contributed by atoms with Crippen molar-refractivity contribution in [2.45, 2.75) is 0 Å². The Morgan fingerprint density at radius 1 is 1.44 bits per heavy atom. The molecule has 0 aromatic carbocycles. The fraction of sp³-hybridized carbons (Fsp3) is 0.167. The van der Waals surface area contributed by atoms with Gasteiger partial charge in [0.1, 0.15) is 10.3 Å². The molecule has 0 bridgehead atoms. The van der Waals surface area contributed by atoms with Crippen LogP contribution in [0.3, 0.4) is 0 Å². The predicted molar refractivity (Wildman–Crippen MR) is 66.1 cm³/mol. The van der Waals surface area contributed by atoms with Gasteiger partial charge >= 0.3 is 0 Å². The topological polar surface area (TPSA) is 33.2 Å². The minimum absolute atomic E-state index is 0.0289. The van der Waals surface area contributed by atoms with Crippen molar-refractivity contribution in [2.75, 3.05) is 13.1 Å². The van der Waals surface area contributed by atoms with Gasteiger partial charge in [-0.05, 0) is 40.3 Å². The molecule has 0 N–H and O–H groups in total. The van der Waals surface area contributed by atoms with E-state index in [9.17, 15) is 4.79 Å². The van der Waals surface area contributed by atoms with Crippen LogP contribution < -0.4 is 0 Å². The van der Waals surface area contributed by atoms with Gasteiger partial charge in [0.25, 0.3) is 0 Å². The van der Waals surface area contributed by atoms with E-state index in [0.29, 0.717) is 16.8 Å². The molecule has 0 fully saturated rings. The van der Waals surface area contributed by atoms with Crippen molar-refractivity contribution >= 4 is 21.7 Å². The molecule has 0 spiro atoms. The molecule has 1 aromatic heterocycles. The summed E-state index contributed by atoms with van der Waals surface area (Å²) in [5.41, 5.74) is 0.498. The molecule has 4 heteroatoms. The summed E-state index contributed by atoms with van der Waals surface area (Å²) < 4.78 is 0.687. The van der Waals surface area contributed by atoms with Gasteiger partial charge < -0.3 is 4.90 Å². The van der Waals surface area contributed by atoms with Crippen LogP contribution in [0.25, 0.3) is 0 Å². The molecule has 0 amide bonds. The molecule has 2 heterocycles. The number of halogens is 1. The first-order valence-corrected chi connectivity index (χ1v) is 5.78. The van der Waals surface area contributed by atoms with Gasteiger partial charge in [-0.15, -0.1) is 0 Å². The zero-order valence-corrected chi connectivity index (χ0v) is 10.2. The second-order valence-corrected chi connectivity index (χ2v) is 4.28. The monoisotopic (exact) mass is 278 g/mol. The fourth-order valence-corrected chi connectivity index (χ4v) is 1.80. The van der Waals surface area contributed by atoms with Crippen LogP contribution in [0, 0.1) is 0 Å². The van der Waals surface area contributed by atoms with E-state index < -0.39 is 0 Å². The average Bonchev–Trinajstić information content (AvgIpc) is 2.30. The third-order valence-corrected chi connectivity index (χ3v) is 2.67. The van der Waals surface area contributed by atoms with E-state index in [4.69, 9.17) is 0 Å². The van der Waals surface area contributed by atoms with Gasteiger partial charge in [0.15, 0.2) is 5.78 Å². The summed E-state index contributed by atoms with van der Waals surface area (Å²) in [6.07, 6.45) is 7.82. The third-order valence-electron chi connectivity index (χ3n) is 2.23. The summed E-state index contributed by atoms with van der Waals surface area (Å²) in [4.78, 5) is 18.0. The normalized spacial score (nSPS) is 14.2. The number of carbonyl (C=O) groups excluding carboxylic acids is 1. The second-order valence-electron chi connectivity index (χ2n) is 3.47. The Morgan fingerprint density at radius 2 is 2.31 bits per heavy atom. The van der Waals surface area contributed by atoms with Gasteiger partial charge in [-0.25, -0.2) is 4.98 Å². The maximum absolute atomic E-state index is 11.9. The van der Waals surface area contributed by atoms with Crippen LogP contribution in [0.4, 0.5) is 0 Å². The van der Waals surface area contributed by atoms with Crippen LogP contribution in [0.2, 0.25) is 0 Å². The molecule has 0 unspecified atom stereocenters. The number of hydrogen-bond acceptors (Lipinski definition) is 3. The maximum atomic E-state index is 11.9. The molecule has 0 saturated carbocycles. The number of allylic oxidation sites excluding steroid dienone is 2.